The van der Waals surface area contributed by atoms with Gasteiger partial charge in [0.15, 0.2) is 5.60 Å². The minimum absolute atomic E-state index is 0.0471. The molecule has 0 saturated carbocycles. The molecule has 0 aliphatic carbocycles. The summed E-state index contributed by atoms with van der Waals surface area (Å²) in [5.74, 6) is 3.28. The van der Waals surface area contributed by atoms with Gasteiger partial charge < -0.3 is 29.5 Å². The Hall–Kier alpha value is -5.36. The van der Waals surface area contributed by atoms with Gasteiger partial charge in [0.05, 0.1) is 29.3 Å². The minimum atomic E-state index is -4.09. The van der Waals surface area contributed by atoms with Crippen molar-refractivity contribution in [2.24, 2.45) is 7.05 Å². The molecule has 3 aromatic carbocycles. The molecule has 0 radical (unpaired) electrons. The molecule has 1 atom stereocenters. The van der Waals surface area contributed by atoms with Crippen molar-refractivity contribution in [1.29, 1.82) is 0 Å². The Balaban J connectivity index is 1.19. The molecule has 8 rings (SSSR count). The van der Waals surface area contributed by atoms with E-state index in [2.05, 4.69) is 28.0 Å². The lowest BCUT2D eigenvalue weighted by Gasteiger charge is -2.45. The molecule has 2 aliphatic rings. The number of nitrogens with zero attached hydrogens (tertiary/aromatic N) is 6. The number of terminal acetylenes is 1. The normalized spacial score (nSPS) is 17.6. The number of piperidine rings is 2. The molecule has 5 heterocycles. The molecule has 2 saturated heterocycles. The number of aromatic nitrogens is 4. The number of hydrogen-bond acceptors (Lipinski definition) is 10. The number of aliphatic hydroxyl groups is 1. The van der Waals surface area contributed by atoms with Crippen LogP contribution in [-0.2, 0) is 27.4 Å². The third-order valence-electron chi connectivity index (χ3n) is 12.5. The summed E-state index contributed by atoms with van der Waals surface area (Å²) in [4.78, 5) is 29.0. The number of hydrogen-bond donors (Lipinski definition) is 2. The van der Waals surface area contributed by atoms with E-state index < -0.39 is 21.2 Å². The summed E-state index contributed by atoms with van der Waals surface area (Å²) in [6.07, 6.45) is 12.7. The summed E-state index contributed by atoms with van der Waals surface area (Å²) in [6.45, 7) is 7.95. The molecule has 2 fully saturated rings. The average molecular weight is 814 g/mol. The van der Waals surface area contributed by atoms with Gasteiger partial charge in [-0.15, -0.1) is 6.42 Å². The second-order valence-corrected chi connectivity index (χ2v) is 18.0. The number of nitrogens with one attached hydrogen (secondary N) is 1. The molecule has 2 N–H and O–H groups in total. The van der Waals surface area contributed by atoms with E-state index >= 15 is 0 Å². The predicted octanol–water partition coefficient (Wildman–Crippen LogP) is 5.42. The molecule has 13 heteroatoms. The molecule has 0 amide bonds. The van der Waals surface area contributed by atoms with Crippen LogP contribution in [0.25, 0.3) is 32.9 Å². The number of likely N-dealkylation sites (tertiary alicyclic amines) is 1. The highest BCUT2D eigenvalue weighted by molar-refractivity contribution is 7.90. The van der Waals surface area contributed by atoms with E-state index in [1.54, 1.807) is 50.7 Å². The second-order valence-electron chi connectivity index (χ2n) is 16.2. The molecule has 12 nitrogen and oxygen atoms in total. The van der Waals surface area contributed by atoms with Gasteiger partial charge in [-0.1, -0.05) is 60.0 Å². The summed E-state index contributed by atoms with van der Waals surface area (Å²) in [7, 11) is -0.896. The van der Waals surface area contributed by atoms with Crippen LogP contribution in [0.5, 0.6) is 0 Å². The quantitative estimate of drug-likeness (QED) is 0.163. The average Bonchev–Trinajstić information content (AvgIpc) is 3.72. The number of fused-ring (bicyclic) bond motifs is 2. The fourth-order valence-corrected chi connectivity index (χ4v) is 10.2. The van der Waals surface area contributed by atoms with Crippen molar-refractivity contribution in [1.82, 2.24) is 28.7 Å². The fourth-order valence-electron chi connectivity index (χ4n) is 8.86. The lowest BCUT2D eigenvalue weighted by Crippen LogP contribution is -2.55. The lowest BCUT2D eigenvalue weighted by molar-refractivity contribution is -0.0262. The van der Waals surface area contributed by atoms with Crippen LogP contribution in [0.4, 0.5) is 5.95 Å². The van der Waals surface area contributed by atoms with E-state index in [1.165, 1.54) is 10.8 Å². The van der Waals surface area contributed by atoms with Crippen molar-refractivity contribution in [3.8, 4) is 23.5 Å². The minimum Gasteiger partial charge on any atom is -0.393 e. The molecule has 0 spiro atoms. The summed E-state index contributed by atoms with van der Waals surface area (Å²) in [6, 6.07) is 24.1. The number of ether oxygens (including phenoxy) is 1. The molecule has 6 aromatic rings. The Morgan fingerprint density at radius 1 is 0.983 bits per heavy atom. The van der Waals surface area contributed by atoms with Crippen LogP contribution >= 0.6 is 0 Å². The van der Waals surface area contributed by atoms with Crippen molar-refractivity contribution in [2.45, 2.75) is 61.6 Å². The number of methoxy groups -OCH3 is 1. The van der Waals surface area contributed by atoms with E-state index in [-0.39, 0.29) is 22.6 Å². The summed E-state index contributed by atoms with van der Waals surface area (Å²) in [5, 5.41) is 16.0. The van der Waals surface area contributed by atoms with E-state index in [1.807, 2.05) is 55.5 Å². The Morgan fingerprint density at radius 3 is 2.36 bits per heavy atom. The molecular weight excluding hydrogens is 763 g/mol. The molecule has 3 aromatic heterocycles. The van der Waals surface area contributed by atoms with Gasteiger partial charge in [-0.25, -0.2) is 22.4 Å². The summed E-state index contributed by atoms with van der Waals surface area (Å²) >= 11 is 0. The van der Waals surface area contributed by atoms with E-state index in [4.69, 9.17) is 21.1 Å². The third kappa shape index (κ3) is 7.34. The number of benzene rings is 3. The van der Waals surface area contributed by atoms with Crippen LogP contribution in [0.2, 0.25) is 0 Å². The molecular formula is C46H51N7O5S. The van der Waals surface area contributed by atoms with Gasteiger partial charge in [-0.3, -0.25) is 4.79 Å². The van der Waals surface area contributed by atoms with Gasteiger partial charge in [0.1, 0.15) is 5.52 Å². The molecule has 306 valence electrons. The van der Waals surface area contributed by atoms with Gasteiger partial charge >= 0.3 is 0 Å². The number of aliphatic hydroxyl groups excluding tert-OH is 1. The first-order valence-corrected chi connectivity index (χ1v) is 21.6. The molecule has 0 bridgehead atoms. The predicted molar refractivity (Wildman–Crippen MR) is 232 cm³/mol. The zero-order valence-corrected chi connectivity index (χ0v) is 34.9. The first kappa shape index (κ1) is 40.4. The maximum absolute atomic E-state index is 13.9. The van der Waals surface area contributed by atoms with Crippen molar-refractivity contribution in [3.05, 3.63) is 118 Å². The van der Waals surface area contributed by atoms with Crippen molar-refractivity contribution < 1.29 is 18.3 Å². The van der Waals surface area contributed by atoms with Crippen molar-refractivity contribution in [2.75, 3.05) is 51.3 Å². The Bertz CT molecular complexity index is 2700. The maximum atomic E-state index is 13.9. The summed E-state index contributed by atoms with van der Waals surface area (Å²) < 4.78 is 36.6. The van der Waals surface area contributed by atoms with Gasteiger partial charge in [0.25, 0.3) is 15.6 Å². The van der Waals surface area contributed by atoms with E-state index in [0.717, 1.165) is 67.0 Å². The third-order valence-corrected chi connectivity index (χ3v) is 14.2. The number of pyridine rings is 1. The van der Waals surface area contributed by atoms with Gasteiger partial charge in [-0.05, 0) is 81.0 Å². The highest BCUT2D eigenvalue weighted by atomic mass is 32.2. The standard InChI is InChI=1S/C46H51N7O5S/c1-6-23-47-45(3)21-27-51(28-22-45)35-18-24-52(25-19-35)44-48-40-17-14-33(29-38(40)42(49-44)46(31-54,58-5)34-10-8-7-9-11-34)39-30-50(4)43(55)41-37(39)20-26-53(41)59(56,57)36-15-12-32(2)13-16-36/h1,7-17,20,26,29-30,35,47,54H,18-19,21-25,27-28,31H2,2-5H3/t46-/m0/s1. The highest BCUT2D eigenvalue weighted by Crippen LogP contribution is 2.40. The number of rotatable bonds is 11. The van der Waals surface area contributed by atoms with Crippen LogP contribution < -0.4 is 15.8 Å². The fraction of sp³-hybridized carbons (Fsp3) is 0.370. The Kier molecular flexibility index (Phi) is 11.0. The van der Waals surface area contributed by atoms with E-state index in [0.29, 0.717) is 51.6 Å². The van der Waals surface area contributed by atoms with Crippen LogP contribution in [0.3, 0.4) is 0 Å². The molecule has 2 aliphatic heterocycles. The Labute approximate surface area is 345 Å². The topological polar surface area (TPSA) is 135 Å². The van der Waals surface area contributed by atoms with Crippen LogP contribution in [-0.4, -0.2) is 95.0 Å². The monoisotopic (exact) mass is 813 g/mol. The van der Waals surface area contributed by atoms with Crippen LogP contribution in [0.1, 0.15) is 49.4 Å². The first-order chi connectivity index (χ1) is 28.4. The number of aryl methyl sites for hydroxylation is 2. The molecule has 59 heavy (non-hydrogen) atoms. The van der Waals surface area contributed by atoms with Crippen LogP contribution in [0, 0.1) is 19.3 Å². The van der Waals surface area contributed by atoms with Gasteiger partial charge in [0.2, 0.25) is 5.95 Å². The lowest BCUT2D eigenvalue weighted by atomic mass is 9.87. The van der Waals surface area contributed by atoms with Gasteiger partial charge in [0, 0.05) is 80.6 Å². The highest BCUT2D eigenvalue weighted by Gasteiger charge is 2.39. The van der Waals surface area contributed by atoms with Crippen LogP contribution in [0.15, 0.2) is 101 Å². The maximum Gasteiger partial charge on any atom is 0.275 e. The first-order valence-electron chi connectivity index (χ1n) is 20.2. The second kappa shape index (κ2) is 16.0. The molecule has 0 unspecified atom stereocenters. The number of anilines is 1. The largest absolute Gasteiger partial charge is 0.393 e. The van der Waals surface area contributed by atoms with Crippen molar-refractivity contribution >= 4 is 37.8 Å². The van der Waals surface area contributed by atoms with E-state index in [9.17, 15) is 18.3 Å². The van der Waals surface area contributed by atoms with Gasteiger partial charge in [-0.2, -0.15) is 0 Å². The zero-order chi connectivity index (χ0) is 41.5. The SMILES string of the molecule is C#CCNC1(C)CCN(C2CCN(c3nc([C@@](CO)(OC)c4ccccc4)c4cc(-c5cn(C)c(=O)c6c5ccn6S(=O)(=O)c5ccc(C)cc5)ccc4n3)CC2)CC1. The smallest absolute Gasteiger partial charge is 0.275 e. The Morgan fingerprint density at radius 2 is 1.69 bits per heavy atom. The van der Waals surface area contributed by atoms with Crippen molar-refractivity contribution in [3.63, 3.8) is 0 Å². The summed E-state index contributed by atoms with van der Waals surface area (Å²) in [5.41, 5.74) is 2.52. The zero-order valence-electron chi connectivity index (χ0n) is 34.1.